The van der Waals surface area contributed by atoms with Gasteiger partial charge in [0.1, 0.15) is 6.61 Å². The molecule has 120 valence electrons. The number of thiophene rings is 1. The monoisotopic (exact) mass is 337 g/mol. The highest BCUT2D eigenvalue weighted by molar-refractivity contribution is 7.13. The van der Waals surface area contributed by atoms with Crippen LogP contribution in [0.1, 0.15) is 0 Å². The zero-order valence-corrected chi connectivity index (χ0v) is 13.6. The van der Waals surface area contributed by atoms with Gasteiger partial charge in [-0.2, -0.15) is 0 Å². The number of fused-ring (bicyclic) bond motifs is 1. The molecule has 0 spiro atoms. The van der Waals surface area contributed by atoms with E-state index in [2.05, 4.69) is 5.32 Å². The lowest BCUT2D eigenvalue weighted by Gasteiger charge is -2.25. The predicted octanol–water partition coefficient (Wildman–Crippen LogP) is 4.19. The molecular weight excluding hydrogens is 322 g/mol. The molecule has 4 rings (SSSR count). The Morgan fingerprint density at radius 3 is 2.62 bits per heavy atom. The second kappa shape index (κ2) is 6.37. The highest BCUT2D eigenvalue weighted by atomic mass is 32.1. The van der Waals surface area contributed by atoms with Crippen molar-refractivity contribution in [3.63, 3.8) is 0 Å². The first-order valence-electron chi connectivity index (χ1n) is 7.63. The van der Waals surface area contributed by atoms with Crippen LogP contribution in [0.4, 0.5) is 5.69 Å². The maximum atomic E-state index is 12.6. The minimum atomic E-state index is -0.670. The van der Waals surface area contributed by atoms with E-state index in [1.807, 2.05) is 60.0 Å². The van der Waals surface area contributed by atoms with Gasteiger partial charge in [0.15, 0.2) is 11.5 Å². The van der Waals surface area contributed by atoms with Gasteiger partial charge in [0.25, 0.3) is 5.91 Å². The normalized spacial score (nSPS) is 15.8. The number of carbonyl (C=O) groups is 1. The van der Waals surface area contributed by atoms with E-state index in [0.717, 1.165) is 16.1 Å². The van der Waals surface area contributed by atoms with E-state index in [1.165, 1.54) is 0 Å². The second-order valence-electron chi connectivity index (χ2n) is 5.38. The van der Waals surface area contributed by atoms with Crippen molar-refractivity contribution in [1.82, 2.24) is 0 Å². The van der Waals surface area contributed by atoms with Crippen molar-refractivity contribution in [3.05, 3.63) is 66.0 Å². The van der Waals surface area contributed by atoms with E-state index in [4.69, 9.17) is 9.47 Å². The summed E-state index contributed by atoms with van der Waals surface area (Å²) in [5.41, 5.74) is 1.77. The standard InChI is InChI=1S/C19H15NO3S/c21-19(17-12-22-15-8-3-4-9-16(15)23-17)20-14-7-2-1-6-13(14)18-10-5-11-24-18/h1-11,17H,12H2,(H,20,21). The summed E-state index contributed by atoms with van der Waals surface area (Å²) in [6.07, 6.45) is -0.670. The number of hydrogen-bond donors (Lipinski definition) is 1. The number of amides is 1. The minimum absolute atomic E-state index is 0.198. The van der Waals surface area contributed by atoms with Crippen molar-refractivity contribution in [2.75, 3.05) is 11.9 Å². The van der Waals surface area contributed by atoms with E-state index in [-0.39, 0.29) is 12.5 Å². The molecule has 0 bridgehead atoms. The predicted molar refractivity (Wildman–Crippen MR) is 94.7 cm³/mol. The van der Waals surface area contributed by atoms with Gasteiger partial charge in [0.2, 0.25) is 6.10 Å². The Labute approximate surface area is 143 Å². The van der Waals surface area contributed by atoms with Crippen LogP contribution in [0.5, 0.6) is 11.5 Å². The molecule has 3 aromatic rings. The molecule has 2 aromatic carbocycles. The Hall–Kier alpha value is -2.79. The van der Waals surface area contributed by atoms with Gasteiger partial charge < -0.3 is 14.8 Å². The van der Waals surface area contributed by atoms with Gasteiger partial charge in [0, 0.05) is 16.1 Å². The van der Waals surface area contributed by atoms with E-state index in [0.29, 0.717) is 11.5 Å². The summed E-state index contributed by atoms with van der Waals surface area (Å²) < 4.78 is 11.4. The molecule has 1 aromatic heterocycles. The Bertz CT molecular complexity index is 861. The number of rotatable bonds is 3. The molecular formula is C19H15NO3S. The van der Waals surface area contributed by atoms with Crippen LogP contribution in [0, 0.1) is 0 Å². The van der Waals surface area contributed by atoms with Crippen molar-refractivity contribution in [2.24, 2.45) is 0 Å². The lowest BCUT2D eigenvalue weighted by molar-refractivity contribution is -0.125. The maximum Gasteiger partial charge on any atom is 0.269 e. The number of para-hydroxylation sites is 3. The molecule has 0 aliphatic carbocycles. The molecule has 1 unspecified atom stereocenters. The zero-order valence-electron chi connectivity index (χ0n) is 12.8. The molecule has 0 fully saturated rings. The topological polar surface area (TPSA) is 47.6 Å². The fourth-order valence-corrected chi connectivity index (χ4v) is 3.37. The minimum Gasteiger partial charge on any atom is -0.485 e. The largest absolute Gasteiger partial charge is 0.485 e. The Kier molecular flexibility index (Phi) is 3.92. The number of nitrogens with one attached hydrogen (secondary N) is 1. The third-order valence-electron chi connectivity index (χ3n) is 3.77. The molecule has 2 heterocycles. The van der Waals surface area contributed by atoms with Crippen LogP contribution in [0.2, 0.25) is 0 Å². The van der Waals surface area contributed by atoms with Crippen LogP contribution in [0.25, 0.3) is 10.4 Å². The smallest absolute Gasteiger partial charge is 0.269 e. The summed E-state index contributed by atoms with van der Waals surface area (Å²) in [7, 11) is 0. The fraction of sp³-hybridized carbons (Fsp3) is 0.105. The Morgan fingerprint density at radius 2 is 1.79 bits per heavy atom. The third kappa shape index (κ3) is 2.86. The molecule has 1 amide bonds. The Balaban J connectivity index is 1.54. The summed E-state index contributed by atoms with van der Waals surface area (Å²) in [5.74, 6) is 1.05. The summed E-state index contributed by atoms with van der Waals surface area (Å²) in [6.45, 7) is 0.198. The van der Waals surface area contributed by atoms with Crippen LogP contribution in [0.3, 0.4) is 0 Å². The van der Waals surface area contributed by atoms with E-state index in [1.54, 1.807) is 17.4 Å². The first-order chi connectivity index (χ1) is 11.8. The van der Waals surface area contributed by atoms with Gasteiger partial charge in [-0.05, 0) is 29.6 Å². The van der Waals surface area contributed by atoms with Crippen LogP contribution in [-0.2, 0) is 4.79 Å². The molecule has 4 nitrogen and oxygen atoms in total. The van der Waals surface area contributed by atoms with Gasteiger partial charge in [-0.15, -0.1) is 11.3 Å². The van der Waals surface area contributed by atoms with Crippen molar-refractivity contribution >= 4 is 22.9 Å². The molecule has 1 N–H and O–H groups in total. The lowest BCUT2D eigenvalue weighted by Crippen LogP contribution is -2.40. The summed E-state index contributed by atoms with van der Waals surface area (Å²) in [4.78, 5) is 13.7. The van der Waals surface area contributed by atoms with Crippen molar-refractivity contribution in [3.8, 4) is 21.9 Å². The molecule has 0 radical (unpaired) electrons. The second-order valence-corrected chi connectivity index (χ2v) is 6.32. The Morgan fingerprint density at radius 1 is 1.00 bits per heavy atom. The van der Waals surface area contributed by atoms with E-state index in [9.17, 15) is 4.79 Å². The number of benzene rings is 2. The maximum absolute atomic E-state index is 12.6. The molecule has 1 aliphatic rings. The number of carbonyl (C=O) groups excluding carboxylic acids is 1. The molecule has 0 saturated carbocycles. The van der Waals surface area contributed by atoms with E-state index >= 15 is 0 Å². The molecule has 1 aliphatic heterocycles. The van der Waals surface area contributed by atoms with Gasteiger partial charge in [-0.1, -0.05) is 36.4 Å². The molecule has 1 atom stereocenters. The molecule has 24 heavy (non-hydrogen) atoms. The van der Waals surface area contributed by atoms with Crippen molar-refractivity contribution < 1.29 is 14.3 Å². The van der Waals surface area contributed by atoms with Gasteiger partial charge >= 0.3 is 0 Å². The number of hydrogen-bond acceptors (Lipinski definition) is 4. The summed E-state index contributed by atoms with van der Waals surface area (Å²) >= 11 is 1.64. The van der Waals surface area contributed by atoms with Gasteiger partial charge in [-0.3, -0.25) is 4.79 Å². The van der Waals surface area contributed by atoms with Crippen LogP contribution >= 0.6 is 11.3 Å². The number of ether oxygens (including phenoxy) is 2. The average Bonchev–Trinajstić information content (AvgIpc) is 3.16. The highest BCUT2D eigenvalue weighted by Crippen LogP contribution is 2.33. The SMILES string of the molecule is O=C(Nc1ccccc1-c1cccs1)C1COc2ccccc2O1. The molecule has 0 saturated heterocycles. The van der Waals surface area contributed by atoms with Crippen LogP contribution < -0.4 is 14.8 Å². The van der Waals surface area contributed by atoms with Crippen LogP contribution in [-0.4, -0.2) is 18.6 Å². The van der Waals surface area contributed by atoms with E-state index < -0.39 is 6.10 Å². The first-order valence-corrected chi connectivity index (χ1v) is 8.51. The average molecular weight is 337 g/mol. The fourth-order valence-electron chi connectivity index (χ4n) is 2.60. The zero-order chi connectivity index (χ0) is 16.4. The van der Waals surface area contributed by atoms with Crippen molar-refractivity contribution in [2.45, 2.75) is 6.10 Å². The first kappa shape index (κ1) is 14.8. The lowest BCUT2D eigenvalue weighted by atomic mass is 10.1. The third-order valence-corrected chi connectivity index (χ3v) is 4.68. The van der Waals surface area contributed by atoms with Gasteiger partial charge in [0.05, 0.1) is 0 Å². The number of anilines is 1. The van der Waals surface area contributed by atoms with Gasteiger partial charge in [-0.25, -0.2) is 0 Å². The molecule has 5 heteroatoms. The quantitative estimate of drug-likeness (QED) is 0.779. The van der Waals surface area contributed by atoms with Crippen LogP contribution in [0.15, 0.2) is 66.0 Å². The summed E-state index contributed by atoms with van der Waals surface area (Å²) in [6, 6.07) is 19.1. The van der Waals surface area contributed by atoms with Crippen molar-refractivity contribution in [1.29, 1.82) is 0 Å². The summed E-state index contributed by atoms with van der Waals surface area (Å²) in [5, 5.41) is 4.98. The highest BCUT2D eigenvalue weighted by Gasteiger charge is 2.27.